The molecule has 0 fully saturated rings. The molecule has 0 saturated heterocycles. The molecule has 6 rings (SSSR count). The molecule has 0 unspecified atom stereocenters. The number of aromatic amines is 2. The van der Waals surface area contributed by atoms with Crippen LogP contribution in [0.15, 0.2) is 60.7 Å². The molecule has 196 valence electrons. The first kappa shape index (κ1) is 24.5. The zero-order valence-electron chi connectivity index (χ0n) is 21.9. The minimum atomic E-state index is -0.421. The Kier molecular flexibility index (Phi) is 5.96. The molecule has 0 radical (unpaired) electrons. The van der Waals surface area contributed by atoms with Crippen molar-refractivity contribution in [2.45, 2.75) is 19.9 Å². The summed E-state index contributed by atoms with van der Waals surface area (Å²) in [5.74, 6) is 0.451. The number of amides is 2. The van der Waals surface area contributed by atoms with Gasteiger partial charge in [-0.05, 0) is 25.1 Å². The fourth-order valence-electron chi connectivity index (χ4n) is 5.77. The van der Waals surface area contributed by atoms with Gasteiger partial charge in [0.1, 0.15) is 11.5 Å². The zero-order valence-corrected chi connectivity index (χ0v) is 21.9. The van der Waals surface area contributed by atoms with E-state index in [1.165, 1.54) is 0 Å². The molecule has 1 aliphatic rings. The number of hydrogen-bond donors (Lipinski definition) is 4. The number of imide groups is 1. The first-order valence-electron chi connectivity index (χ1n) is 12.7. The van der Waals surface area contributed by atoms with Crippen LogP contribution in [-0.4, -0.2) is 36.0 Å². The van der Waals surface area contributed by atoms with Gasteiger partial charge >= 0.3 is 0 Å². The van der Waals surface area contributed by atoms with E-state index in [-0.39, 0.29) is 6.54 Å². The van der Waals surface area contributed by atoms with Crippen LogP contribution >= 0.6 is 0 Å². The maximum atomic E-state index is 13.5. The molecule has 2 amide bonds. The Morgan fingerprint density at radius 2 is 1.38 bits per heavy atom. The van der Waals surface area contributed by atoms with E-state index in [1.54, 1.807) is 14.2 Å². The van der Waals surface area contributed by atoms with E-state index in [0.717, 1.165) is 49.9 Å². The highest BCUT2D eigenvalue weighted by Crippen LogP contribution is 2.42. The maximum absolute atomic E-state index is 13.5. The van der Waals surface area contributed by atoms with Crippen molar-refractivity contribution in [3.8, 4) is 11.5 Å². The number of ether oxygens (including phenoxy) is 2. The molecular formula is C31H28N4O4. The van der Waals surface area contributed by atoms with Crippen LogP contribution in [0.5, 0.6) is 11.5 Å². The average molecular weight is 521 g/mol. The number of methoxy groups -OCH3 is 2. The van der Waals surface area contributed by atoms with E-state index < -0.39 is 11.8 Å². The van der Waals surface area contributed by atoms with Crippen molar-refractivity contribution in [3.63, 3.8) is 0 Å². The minimum absolute atomic E-state index is 0.242. The topological polar surface area (TPSA) is 122 Å². The van der Waals surface area contributed by atoms with E-state index in [1.807, 2.05) is 67.6 Å². The number of nitrogens with one attached hydrogen (secondary N) is 3. The van der Waals surface area contributed by atoms with Gasteiger partial charge in [0.05, 0.1) is 25.4 Å². The summed E-state index contributed by atoms with van der Waals surface area (Å²) in [6, 6.07) is 19.4. The second kappa shape index (κ2) is 9.49. The Hall–Kier alpha value is -4.82. The third-order valence-electron chi connectivity index (χ3n) is 7.40. The molecule has 1 aliphatic heterocycles. The minimum Gasteiger partial charge on any atom is -0.496 e. The summed E-state index contributed by atoms with van der Waals surface area (Å²) < 4.78 is 11.3. The summed E-state index contributed by atoms with van der Waals surface area (Å²) in [5, 5.41) is 4.30. The lowest BCUT2D eigenvalue weighted by Crippen LogP contribution is -2.23. The van der Waals surface area contributed by atoms with Gasteiger partial charge in [0.2, 0.25) is 0 Å². The van der Waals surface area contributed by atoms with E-state index in [9.17, 15) is 9.59 Å². The first-order valence-corrected chi connectivity index (χ1v) is 12.7. The third-order valence-corrected chi connectivity index (χ3v) is 7.40. The Labute approximate surface area is 224 Å². The largest absolute Gasteiger partial charge is 0.496 e. The number of aromatic nitrogens is 2. The van der Waals surface area contributed by atoms with Gasteiger partial charge < -0.3 is 25.2 Å². The standard InChI is InChI=1S/C31H28N4O4/c1-16-25(18-8-4-6-10-21(18)33-16)27-28(31(37)35-30(27)36)26-19-9-5-7-11-22(19)34-23(26)14-17-12-13-24(38-2)20(15-32)29(17)39-3/h4-13,33-34H,14-15,32H2,1-3H3,(H,35,36,37). The Morgan fingerprint density at radius 1 is 0.769 bits per heavy atom. The van der Waals surface area contributed by atoms with Crippen LogP contribution in [0.4, 0.5) is 0 Å². The summed E-state index contributed by atoms with van der Waals surface area (Å²) in [4.78, 5) is 33.8. The molecule has 8 nitrogen and oxygen atoms in total. The number of hydrogen-bond acceptors (Lipinski definition) is 5. The van der Waals surface area contributed by atoms with Gasteiger partial charge in [-0.1, -0.05) is 42.5 Å². The highest BCUT2D eigenvalue weighted by Gasteiger charge is 2.37. The lowest BCUT2D eigenvalue weighted by Gasteiger charge is -2.16. The third kappa shape index (κ3) is 3.80. The van der Waals surface area contributed by atoms with Gasteiger partial charge in [0.25, 0.3) is 11.8 Å². The Bertz CT molecular complexity index is 1830. The molecule has 0 bridgehead atoms. The van der Waals surface area contributed by atoms with Gasteiger partial charge in [0.15, 0.2) is 0 Å². The van der Waals surface area contributed by atoms with Gasteiger partial charge in [0, 0.05) is 68.4 Å². The molecule has 0 aliphatic carbocycles. The van der Waals surface area contributed by atoms with E-state index in [2.05, 4.69) is 15.3 Å². The van der Waals surface area contributed by atoms with Crippen molar-refractivity contribution in [1.82, 2.24) is 15.3 Å². The highest BCUT2D eigenvalue weighted by atomic mass is 16.5. The molecule has 2 aromatic heterocycles. The normalized spacial score (nSPS) is 13.5. The molecule has 39 heavy (non-hydrogen) atoms. The predicted octanol–water partition coefficient (Wildman–Crippen LogP) is 4.59. The molecule has 8 heteroatoms. The lowest BCUT2D eigenvalue weighted by atomic mass is 9.91. The number of carbonyl (C=O) groups is 2. The van der Waals surface area contributed by atoms with Crippen LogP contribution in [0.3, 0.4) is 0 Å². The van der Waals surface area contributed by atoms with Gasteiger partial charge in [-0.2, -0.15) is 0 Å². The van der Waals surface area contributed by atoms with Gasteiger partial charge in [-0.3, -0.25) is 14.9 Å². The molecule has 3 heterocycles. The van der Waals surface area contributed by atoms with Crippen LogP contribution < -0.4 is 20.5 Å². The smallest absolute Gasteiger partial charge is 0.259 e. The number of benzene rings is 3. The summed E-state index contributed by atoms with van der Waals surface area (Å²) in [7, 11) is 3.20. The zero-order chi connectivity index (χ0) is 27.3. The van der Waals surface area contributed by atoms with E-state index >= 15 is 0 Å². The summed E-state index contributed by atoms with van der Waals surface area (Å²) in [6.45, 7) is 2.16. The van der Waals surface area contributed by atoms with Gasteiger partial charge in [-0.15, -0.1) is 0 Å². The first-order chi connectivity index (χ1) is 19.0. The fourth-order valence-corrected chi connectivity index (χ4v) is 5.77. The SMILES string of the molecule is COc1ccc(Cc2[nH]c3ccccc3c2C2=C(c3c(C)[nH]c4ccccc34)C(=O)NC2=O)c(OC)c1CN. The van der Waals surface area contributed by atoms with Crippen molar-refractivity contribution in [3.05, 3.63) is 94.3 Å². The second-order valence-electron chi connectivity index (χ2n) is 9.55. The Morgan fingerprint density at radius 3 is 2.03 bits per heavy atom. The number of nitrogens with two attached hydrogens (primary N) is 1. The molecule has 3 aromatic carbocycles. The number of aryl methyl sites for hydroxylation is 1. The number of fused-ring (bicyclic) bond motifs is 2. The van der Waals surface area contributed by atoms with Crippen LogP contribution in [0.2, 0.25) is 0 Å². The average Bonchev–Trinajstić information content (AvgIpc) is 3.56. The molecule has 5 N–H and O–H groups in total. The molecule has 0 spiro atoms. The number of para-hydroxylation sites is 2. The van der Waals surface area contributed by atoms with Crippen molar-refractivity contribution < 1.29 is 19.1 Å². The Balaban J connectivity index is 1.63. The molecule has 0 atom stereocenters. The highest BCUT2D eigenvalue weighted by molar-refractivity contribution is 6.51. The second-order valence-corrected chi connectivity index (χ2v) is 9.55. The maximum Gasteiger partial charge on any atom is 0.259 e. The number of H-pyrrole nitrogens is 2. The molecule has 5 aromatic rings. The van der Waals surface area contributed by atoms with Crippen LogP contribution in [-0.2, 0) is 22.6 Å². The molecular weight excluding hydrogens is 492 g/mol. The monoisotopic (exact) mass is 520 g/mol. The van der Waals surface area contributed by atoms with Crippen molar-refractivity contribution in [2.75, 3.05) is 14.2 Å². The van der Waals surface area contributed by atoms with Crippen LogP contribution in [0.25, 0.3) is 33.0 Å². The van der Waals surface area contributed by atoms with Gasteiger partial charge in [-0.25, -0.2) is 0 Å². The summed E-state index contributed by atoms with van der Waals surface area (Å²) in [5.41, 5.74) is 13.2. The summed E-state index contributed by atoms with van der Waals surface area (Å²) >= 11 is 0. The molecule has 0 saturated carbocycles. The van der Waals surface area contributed by atoms with E-state index in [0.29, 0.717) is 34.6 Å². The predicted molar refractivity (Wildman–Crippen MR) is 152 cm³/mol. The van der Waals surface area contributed by atoms with Crippen LogP contribution in [0.1, 0.15) is 33.6 Å². The quantitative estimate of drug-likeness (QED) is 0.234. The fraction of sp³-hybridized carbons (Fsp3) is 0.161. The van der Waals surface area contributed by atoms with E-state index in [4.69, 9.17) is 15.2 Å². The lowest BCUT2D eigenvalue weighted by molar-refractivity contribution is -0.122. The van der Waals surface area contributed by atoms with Crippen molar-refractivity contribution in [1.29, 1.82) is 0 Å². The van der Waals surface area contributed by atoms with Crippen LogP contribution in [0, 0.1) is 6.92 Å². The summed E-state index contributed by atoms with van der Waals surface area (Å²) in [6.07, 6.45) is 0.412. The van der Waals surface area contributed by atoms with Crippen molar-refractivity contribution in [2.24, 2.45) is 5.73 Å². The number of carbonyl (C=O) groups excluding carboxylic acids is 2. The van der Waals surface area contributed by atoms with Crippen molar-refractivity contribution >= 4 is 44.8 Å². The number of rotatable bonds is 7.